The summed E-state index contributed by atoms with van der Waals surface area (Å²) in [5, 5.41) is 8.69. The predicted molar refractivity (Wildman–Crippen MR) is 72.2 cm³/mol. The van der Waals surface area contributed by atoms with Crippen molar-refractivity contribution in [1.29, 1.82) is 0 Å². The van der Waals surface area contributed by atoms with Gasteiger partial charge in [-0.15, -0.1) is 0 Å². The maximum absolute atomic E-state index is 10.6. The molecule has 1 unspecified atom stereocenters. The Balaban J connectivity index is 2.10. The van der Waals surface area contributed by atoms with Crippen molar-refractivity contribution in [1.82, 2.24) is 4.90 Å². The third-order valence-electron chi connectivity index (χ3n) is 3.36. The molecule has 1 fully saturated rings. The predicted octanol–water partition coefficient (Wildman–Crippen LogP) is 2.63. The summed E-state index contributed by atoms with van der Waals surface area (Å²) in [6.45, 7) is 5.45. The average molecular weight is 245 g/mol. The second-order valence-electron chi connectivity index (χ2n) is 5.00. The van der Waals surface area contributed by atoms with Crippen molar-refractivity contribution in [3.63, 3.8) is 0 Å². The maximum atomic E-state index is 10.6. The Morgan fingerprint density at radius 2 is 2.28 bits per heavy atom. The van der Waals surface area contributed by atoms with E-state index in [1.54, 1.807) is 6.08 Å². The molecular formula is C15H19NO2. The van der Waals surface area contributed by atoms with E-state index in [9.17, 15) is 4.79 Å². The molecule has 1 atom stereocenters. The van der Waals surface area contributed by atoms with Crippen LogP contribution in [0.5, 0.6) is 0 Å². The van der Waals surface area contributed by atoms with Crippen molar-refractivity contribution in [3.05, 3.63) is 41.5 Å². The smallest absolute Gasteiger partial charge is 0.328 e. The monoisotopic (exact) mass is 245 g/mol. The quantitative estimate of drug-likeness (QED) is 0.829. The van der Waals surface area contributed by atoms with Crippen molar-refractivity contribution in [2.45, 2.75) is 19.9 Å². The summed E-state index contributed by atoms with van der Waals surface area (Å²) in [7, 11) is 0. The molecule has 1 N–H and O–H groups in total. The molecule has 0 amide bonds. The first-order valence-corrected chi connectivity index (χ1v) is 6.36. The number of hydrogen-bond donors (Lipinski definition) is 1. The second-order valence-corrected chi connectivity index (χ2v) is 5.00. The van der Waals surface area contributed by atoms with Crippen LogP contribution < -0.4 is 0 Å². The zero-order valence-corrected chi connectivity index (χ0v) is 10.7. The van der Waals surface area contributed by atoms with E-state index in [0.29, 0.717) is 0 Å². The van der Waals surface area contributed by atoms with Gasteiger partial charge in [0.2, 0.25) is 0 Å². The van der Waals surface area contributed by atoms with E-state index in [1.165, 1.54) is 18.1 Å². The average Bonchev–Trinajstić information content (AvgIpc) is 2.73. The van der Waals surface area contributed by atoms with Gasteiger partial charge in [0.1, 0.15) is 0 Å². The molecular weight excluding hydrogens is 226 g/mol. The van der Waals surface area contributed by atoms with E-state index in [2.05, 4.69) is 17.9 Å². The van der Waals surface area contributed by atoms with Gasteiger partial charge < -0.3 is 5.11 Å². The Hall–Kier alpha value is -1.61. The number of carboxylic acid groups (broad SMARTS) is 1. The van der Waals surface area contributed by atoms with E-state index in [-0.39, 0.29) is 0 Å². The molecule has 1 aliphatic rings. The van der Waals surface area contributed by atoms with Crippen LogP contribution in [-0.4, -0.2) is 29.1 Å². The number of carbonyl (C=O) groups is 1. The summed E-state index contributed by atoms with van der Waals surface area (Å²) in [5.41, 5.74) is 2.20. The van der Waals surface area contributed by atoms with Crippen LogP contribution in [-0.2, 0) is 11.3 Å². The Morgan fingerprint density at radius 1 is 1.50 bits per heavy atom. The number of carboxylic acids is 1. The highest BCUT2D eigenvalue weighted by molar-refractivity contribution is 5.85. The van der Waals surface area contributed by atoms with Crippen molar-refractivity contribution in [2.75, 3.05) is 13.1 Å². The number of rotatable bonds is 4. The molecule has 2 rings (SSSR count). The normalized spacial score (nSPS) is 20.6. The Kier molecular flexibility index (Phi) is 4.15. The van der Waals surface area contributed by atoms with Gasteiger partial charge in [0.15, 0.2) is 0 Å². The molecule has 96 valence electrons. The lowest BCUT2D eigenvalue weighted by Gasteiger charge is -2.16. The molecule has 1 aromatic rings. The summed E-state index contributed by atoms with van der Waals surface area (Å²) in [6.07, 6.45) is 4.13. The first-order chi connectivity index (χ1) is 8.65. The summed E-state index contributed by atoms with van der Waals surface area (Å²) in [5.74, 6) is -0.133. The molecule has 0 aromatic heterocycles. The van der Waals surface area contributed by atoms with Gasteiger partial charge in [0.25, 0.3) is 0 Å². The fourth-order valence-electron chi connectivity index (χ4n) is 2.41. The topological polar surface area (TPSA) is 40.5 Å². The fraction of sp³-hybridized carbons (Fsp3) is 0.400. The van der Waals surface area contributed by atoms with E-state index in [0.717, 1.165) is 31.1 Å². The third-order valence-corrected chi connectivity index (χ3v) is 3.36. The van der Waals surface area contributed by atoms with Gasteiger partial charge in [-0.2, -0.15) is 0 Å². The zero-order chi connectivity index (χ0) is 13.0. The number of likely N-dealkylation sites (tertiary alicyclic amines) is 1. The van der Waals surface area contributed by atoms with E-state index in [4.69, 9.17) is 5.11 Å². The number of benzene rings is 1. The van der Waals surface area contributed by atoms with E-state index >= 15 is 0 Å². The van der Waals surface area contributed by atoms with Crippen LogP contribution in [0.2, 0.25) is 0 Å². The van der Waals surface area contributed by atoms with Crippen LogP contribution >= 0.6 is 0 Å². The summed E-state index contributed by atoms with van der Waals surface area (Å²) < 4.78 is 0. The van der Waals surface area contributed by atoms with Crippen molar-refractivity contribution >= 4 is 12.0 Å². The maximum Gasteiger partial charge on any atom is 0.328 e. The molecule has 18 heavy (non-hydrogen) atoms. The minimum absolute atomic E-state index is 0.770. The Labute approximate surface area is 108 Å². The highest BCUT2D eigenvalue weighted by atomic mass is 16.4. The molecule has 0 radical (unpaired) electrons. The van der Waals surface area contributed by atoms with Gasteiger partial charge in [-0.25, -0.2) is 4.79 Å². The lowest BCUT2D eigenvalue weighted by atomic mass is 10.1. The van der Waals surface area contributed by atoms with E-state index in [1.807, 2.05) is 18.2 Å². The summed E-state index contributed by atoms with van der Waals surface area (Å²) >= 11 is 0. The summed E-state index contributed by atoms with van der Waals surface area (Å²) in [4.78, 5) is 13.0. The van der Waals surface area contributed by atoms with Crippen LogP contribution in [0.25, 0.3) is 6.08 Å². The lowest BCUT2D eigenvalue weighted by molar-refractivity contribution is -0.131. The minimum atomic E-state index is -0.903. The SMILES string of the molecule is CC1CCN(Cc2ccccc2C=CC(=O)O)C1. The molecule has 0 saturated carbocycles. The highest BCUT2D eigenvalue weighted by Crippen LogP contribution is 2.20. The molecule has 3 nitrogen and oxygen atoms in total. The van der Waals surface area contributed by atoms with Gasteiger partial charge >= 0.3 is 5.97 Å². The van der Waals surface area contributed by atoms with E-state index < -0.39 is 5.97 Å². The largest absolute Gasteiger partial charge is 0.478 e. The number of nitrogens with zero attached hydrogens (tertiary/aromatic N) is 1. The van der Waals surface area contributed by atoms with Crippen molar-refractivity contribution < 1.29 is 9.90 Å². The van der Waals surface area contributed by atoms with Gasteiger partial charge in [-0.3, -0.25) is 4.90 Å². The molecule has 3 heteroatoms. The summed E-state index contributed by atoms with van der Waals surface area (Å²) in [6, 6.07) is 7.99. The van der Waals surface area contributed by atoms with Crippen LogP contribution in [0.15, 0.2) is 30.3 Å². The lowest BCUT2D eigenvalue weighted by Crippen LogP contribution is -2.20. The van der Waals surface area contributed by atoms with Gasteiger partial charge in [0.05, 0.1) is 0 Å². The molecule has 0 spiro atoms. The molecule has 1 aromatic carbocycles. The molecule has 0 aliphatic carbocycles. The number of aliphatic carboxylic acids is 1. The van der Waals surface area contributed by atoms with Gasteiger partial charge in [-0.05, 0) is 36.1 Å². The first kappa shape index (κ1) is 12.8. The fourth-order valence-corrected chi connectivity index (χ4v) is 2.41. The van der Waals surface area contributed by atoms with Crippen molar-refractivity contribution in [3.8, 4) is 0 Å². The van der Waals surface area contributed by atoms with Crippen molar-refractivity contribution in [2.24, 2.45) is 5.92 Å². The van der Waals surface area contributed by atoms with Crippen LogP contribution in [0, 0.1) is 5.92 Å². The standard InChI is InChI=1S/C15H19NO2/c1-12-8-9-16(10-12)11-14-5-3-2-4-13(14)6-7-15(17)18/h2-7,12H,8-11H2,1H3,(H,17,18). The van der Waals surface area contributed by atoms with Crippen LogP contribution in [0.1, 0.15) is 24.5 Å². The Morgan fingerprint density at radius 3 is 2.94 bits per heavy atom. The van der Waals surface area contributed by atoms with Gasteiger partial charge in [0, 0.05) is 19.2 Å². The van der Waals surface area contributed by atoms with Gasteiger partial charge in [-0.1, -0.05) is 31.2 Å². The van der Waals surface area contributed by atoms with Crippen LogP contribution in [0.4, 0.5) is 0 Å². The molecule has 0 bridgehead atoms. The molecule has 1 aliphatic heterocycles. The third kappa shape index (κ3) is 3.44. The highest BCUT2D eigenvalue weighted by Gasteiger charge is 2.18. The first-order valence-electron chi connectivity index (χ1n) is 6.36. The minimum Gasteiger partial charge on any atom is -0.478 e. The zero-order valence-electron chi connectivity index (χ0n) is 10.7. The van der Waals surface area contributed by atoms with Crippen LogP contribution in [0.3, 0.4) is 0 Å². The molecule has 1 heterocycles. The second kappa shape index (κ2) is 5.83. The molecule has 1 saturated heterocycles. The Bertz CT molecular complexity index is 454. The number of hydrogen-bond acceptors (Lipinski definition) is 2.